The second-order valence-corrected chi connectivity index (χ2v) is 7.85. The van der Waals surface area contributed by atoms with Gasteiger partial charge in [-0.25, -0.2) is 9.78 Å². The van der Waals surface area contributed by atoms with Crippen LogP contribution in [0, 0.1) is 0 Å². The molecule has 0 bridgehead atoms. The van der Waals surface area contributed by atoms with Gasteiger partial charge in [-0.2, -0.15) is 0 Å². The molecular weight excluding hydrogens is 386 g/mol. The van der Waals surface area contributed by atoms with Crippen LogP contribution in [0.15, 0.2) is 35.5 Å². The van der Waals surface area contributed by atoms with Gasteiger partial charge in [-0.05, 0) is 58.8 Å². The lowest BCUT2D eigenvalue weighted by molar-refractivity contribution is 0.160. The fourth-order valence-electron chi connectivity index (χ4n) is 4.56. The van der Waals surface area contributed by atoms with Crippen molar-refractivity contribution in [1.29, 1.82) is 0 Å². The van der Waals surface area contributed by atoms with Crippen LogP contribution in [-0.2, 0) is 19.6 Å². The number of nitrogens with zero attached hydrogens (tertiary/aromatic N) is 5. The number of rotatable bonds is 6. The van der Waals surface area contributed by atoms with Crippen molar-refractivity contribution < 1.29 is 0 Å². The zero-order valence-electron chi connectivity index (χ0n) is 17.7. The fourth-order valence-corrected chi connectivity index (χ4v) is 4.56. The minimum atomic E-state index is 0. The molecule has 1 aromatic carbocycles. The van der Waals surface area contributed by atoms with E-state index in [-0.39, 0.29) is 18.1 Å². The van der Waals surface area contributed by atoms with E-state index in [1.54, 1.807) is 0 Å². The van der Waals surface area contributed by atoms with Crippen molar-refractivity contribution in [2.75, 3.05) is 13.1 Å². The number of likely N-dealkylation sites (tertiary alicyclic amines) is 1. The largest absolute Gasteiger partial charge is 0.329 e. The molecule has 1 fully saturated rings. The number of aromatic nitrogens is 4. The Kier molecular flexibility index (Phi) is 6.85. The van der Waals surface area contributed by atoms with Gasteiger partial charge in [-0.1, -0.05) is 12.5 Å². The van der Waals surface area contributed by atoms with Crippen molar-refractivity contribution in [3.63, 3.8) is 0 Å². The highest BCUT2D eigenvalue weighted by Crippen LogP contribution is 2.25. The van der Waals surface area contributed by atoms with E-state index in [2.05, 4.69) is 39.6 Å². The van der Waals surface area contributed by atoms with Gasteiger partial charge in [0.15, 0.2) is 0 Å². The van der Waals surface area contributed by atoms with Gasteiger partial charge in [0.25, 0.3) is 0 Å². The van der Waals surface area contributed by atoms with Gasteiger partial charge in [-0.3, -0.25) is 14.0 Å². The number of halogens is 1. The zero-order valence-corrected chi connectivity index (χ0v) is 18.5. The Morgan fingerprint density at radius 1 is 1.03 bits per heavy atom. The highest BCUT2D eigenvalue weighted by Gasteiger charge is 2.19. The van der Waals surface area contributed by atoms with Crippen molar-refractivity contribution in [3.05, 3.63) is 41.2 Å². The van der Waals surface area contributed by atoms with Crippen LogP contribution in [0.5, 0.6) is 0 Å². The standard InChI is InChI=1S/C22H31N5O.ClH/c1-4-26-19-10-9-18(13-20(19)27(5-2)22(26)28)21-14-23-16-25(21)15-17(3)24-11-7-6-8-12-24;/h9-10,13-14,16-17H,4-8,11-12,15H2,1-3H3;1H. The number of aryl methyl sites for hydroxylation is 2. The first-order chi connectivity index (χ1) is 13.6. The van der Waals surface area contributed by atoms with Crippen molar-refractivity contribution in [2.45, 2.75) is 65.7 Å². The average molecular weight is 418 g/mol. The maximum absolute atomic E-state index is 12.6. The van der Waals surface area contributed by atoms with Crippen LogP contribution in [0.25, 0.3) is 22.3 Å². The number of piperidine rings is 1. The number of imidazole rings is 2. The highest BCUT2D eigenvalue weighted by molar-refractivity contribution is 5.85. The fraction of sp³-hybridized carbons (Fsp3) is 0.545. The molecule has 1 atom stereocenters. The number of fused-ring (bicyclic) bond motifs is 1. The summed E-state index contributed by atoms with van der Waals surface area (Å²) in [5, 5.41) is 0. The lowest BCUT2D eigenvalue weighted by Gasteiger charge is -2.32. The molecule has 2 aromatic heterocycles. The molecule has 1 saturated heterocycles. The second kappa shape index (κ2) is 9.18. The van der Waals surface area contributed by atoms with Crippen molar-refractivity contribution in [1.82, 2.24) is 23.6 Å². The second-order valence-electron chi connectivity index (χ2n) is 7.85. The molecular formula is C22H32ClN5O. The predicted molar refractivity (Wildman–Crippen MR) is 121 cm³/mol. The van der Waals surface area contributed by atoms with Crippen molar-refractivity contribution >= 4 is 23.4 Å². The molecule has 0 radical (unpaired) electrons. The zero-order chi connectivity index (χ0) is 19.7. The SMILES string of the molecule is CCn1c(=O)n(CC)c2cc(-c3cncn3CC(C)N3CCCCC3)ccc21.Cl. The van der Waals surface area contributed by atoms with Crippen LogP contribution in [0.1, 0.15) is 40.0 Å². The number of hydrogen-bond donors (Lipinski definition) is 0. The Bertz CT molecular complexity index is 1010. The van der Waals surface area contributed by atoms with Crippen molar-refractivity contribution in [3.8, 4) is 11.3 Å². The van der Waals surface area contributed by atoms with Gasteiger partial charge in [-0.15, -0.1) is 12.4 Å². The van der Waals surface area contributed by atoms with Gasteiger partial charge in [0, 0.05) is 31.2 Å². The van der Waals surface area contributed by atoms with E-state index in [1.165, 1.54) is 32.4 Å². The van der Waals surface area contributed by atoms with E-state index in [9.17, 15) is 4.79 Å². The Hall–Kier alpha value is -2.05. The summed E-state index contributed by atoms with van der Waals surface area (Å²) in [6, 6.07) is 6.83. The summed E-state index contributed by atoms with van der Waals surface area (Å²) in [6.07, 6.45) is 7.84. The molecule has 7 heteroatoms. The summed E-state index contributed by atoms with van der Waals surface area (Å²) < 4.78 is 5.96. The molecule has 158 valence electrons. The Morgan fingerprint density at radius 2 is 1.72 bits per heavy atom. The quantitative estimate of drug-likeness (QED) is 0.609. The third kappa shape index (κ3) is 4.01. The lowest BCUT2D eigenvalue weighted by Crippen LogP contribution is -2.39. The average Bonchev–Trinajstić information content (AvgIpc) is 3.29. The minimum absolute atomic E-state index is 0. The summed E-state index contributed by atoms with van der Waals surface area (Å²) >= 11 is 0. The summed E-state index contributed by atoms with van der Waals surface area (Å²) in [5.41, 5.74) is 4.32. The molecule has 1 unspecified atom stereocenters. The number of benzene rings is 1. The Morgan fingerprint density at radius 3 is 2.41 bits per heavy atom. The minimum Gasteiger partial charge on any atom is -0.329 e. The molecule has 29 heavy (non-hydrogen) atoms. The molecule has 0 saturated carbocycles. The van der Waals surface area contributed by atoms with Crippen LogP contribution < -0.4 is 5.69 Å². The maximum Gasteiger partial charge on any atom is 0.329 e. The third-order valence-corrected chi connectivity index (χ3v) is 6.13. The molecule has 0 N–H and O–H groups in total. The Balaban J connectivity index is 0.00000240. The Labute approximate surface area is 178 Å². The van der Waals surface area contributed by atoms with Gasteiger partial charge in [0.2, 0.25) is 0 Å². The monoisotopic (exact) mass is 417 g/mol. The van der Waals surface area contributed by atoms with Crippen LogP contribution in [-0.4, -0.2) is 42.7 Å². The maximum atomic E-state index is 12.6. The van der Waals surface area contributed by atoms with Gasteiger partial charge in [0.05, 0.1) is 29.3 Å². The molecule has 3 aromatic rings. The molecule has 0 aliphatic carbocycles. The van der Waals surface area contributed by atoms with E-state index in [0.29, 0.717) is 19.1 Å². The van der Waals surface area contributed by atoms with Gasteiger partial charge in [0.1, 0.15) is 0 Å². The smallest absolute Gasteiger partial charge is 0.329 e. The lowest BCUT2D eigenvalue weighted by atomic mass is 10.1. The van der Waals surface area contributed by atoms with E-state index >= 15 is 0 Å². The molecule has 4 rings (SSSR count). The van der Waals surface area contributed by atoms with Crippen LogP contribution >= 0.6 is 12.4 Å². The van der Waals surface area contributed by atoms with Gasteiger partial charge >= 0.3 is 5.69 Å². The summed E-state index contributed by atoms with van der Waals surface area (Å²) in [4.78, 5) is 19.7. The van der Waals surface area contributed by atoms with Crippen LogP contribution in [0.2, 0.25) is 0 Å². The van der Waals surface area contributed by atoms with Crippen molar-refractivity contribution in [2.24, 2.45) is 0 Å². The number of hydrogen-bond acceptors (Lipinski definition) is 3. The van der Waals surface area contributed by atoms with Crippen LogP contribution in [0.4, 0.5) is 0 Å². The van der Waals surface area contributed by atoms with Gasteiger partial charge < -0.3 is 4.57 Å². The highest BCUT2D eigenvalue weighted by atomic mass is 35.5. The first kappa shape index (κ1) is 21.7. The first-order valence-electron chi connectivity index (χ1n) is 10.6. The first-order valence-corrected chi connectivity index (χ1v) is 10.6. The molecule has 3 heterocycles. The van der Waals surface area contributed by atoms with E-state index in [0.717, 1.165) is 28.8 Å². The summed E-state index contributed by atoms with van der Waals surface area (Å²) in [6.45, 7) is 11.1. The normalized spacial score (nSPS) is 16.1. The van der Waals surface area contributed by atoms with E-state index < -0.39 is 0 Å². The topological polar surface area (TPSA) is 48.0 Å². The predicted octanol–water partition coefficient (Wildman–Crippen LogP) is 4.00. The van der Waals surface area contributed by atoms with E-state index in [4.69, 9.17) is 0 Å². The molecule has 6 nitrogen and oxygen atoms in total. The summed E-state index contributed by atoms with van der Waals surface area (Å²) in [5.74, 6) is 0. The molecule has 0 amide bonds. The van der Waals surface area contributed by atoms with E-state index in [1.807, 2.05) is 35.5 Å². The molecule has 0 spiro atoms. The molecule has 1 aliphatic rings. The third-order valence-electron chi connectivity index (χ3n) is 6.13. The van der Waals surface area contributed by atoms with Crippen LogP contribution in [0.3, 0.4) is 0 Å². The summed E-state index contributed by atoms with van der Waals surface area (Å²) in [7, 11) is 0. The molecule has 1 aliphatic heterocycles.